The van der Waals surface area contributed by atoms with Gasteiger partial charge in [0.15, 0.2) is 5.76 Å². The molecule has 0 aliphatic carbocycles. The maximum atomic E-state index is 9.50. The molecule has 3 aliphatic rings. The van der Waals surface area contributed by atoms with Gasteiger partial charge < -0.3 is 9.52 Å². The van der Waals surface area contributed by atoms with E-state index in [1.807, 2.05) is 19.1 Å². The number of nitrogens with zero attached hydrogens (tertiary/aromatic N) is 3. The summed E-state index contributed by atoms with van der Waals surface area (Å²) in [6.45, 7) is 4.29. The van der Waals surface area contributed by atoms with Gasteiger partial charge in [-0.2, -0.15) is 0 Å². The van der Waals surface area contributed by atoms with Gasteiger partial charge in [-0.25, -0.2) is 9.97 Å². The van der Waals surface area contributed by atoms with E-state index in [2.05, 4.69) is 16.0 Å². The van der Waals surface area contributed by atoms with Crippen LogP contribution in [0.2, 0.25) is 0 Å². The zero-order chi connectivity index (χ0) is 15.1. The fourth-order valence-corrected chi connectivity index (χ4v) is 3.99. The van der Waals surface area contributed by atoms with Crippen molar-refractivity contribution in [3.05, 3.63) is 36.0 Å². The summed E-state index contributed by atoms with van der Waals surface area (Å²) in [6, 6.07) is 6.23. The quantitative estimate of drug-likeness (QED) is 0.941. The van der Waals surface area contributed by atoms with Crippen molar-refractivity contribution in [3.8, 4) is 11.5 Å². The van der Waals surface area contributed by atoms with E-state index in [4.69, 9.17) is 9.40 Å². The molecule has 1 N–H and O–H groups in total. The molecule has 0 spiro atoms. The molecule has 5 nitrogen and oxygen atoms in total. The first-order valence-corrected chi connectivity index (χ1v) is 7.99. The molecule has 0 radical (unpaired) electrons. The topological polar surface area (TPSA) is 62.4 Å². The number of aliphatic hydroxyl groups excluding tert-OH is 1. The Morgan fingerprint density at radius 3 is 3.00 bits per heavy atom. The summed E-state index contributed by atoms with van der Waals surface area (Å²) in [5, 5.41) is 9.50. The summed E-state index contributed by atoms with van der Waals surface area (Å²) >= 11 is 0. The minimum atomic E-state index is 0.268. The molecule has 116 valence electrons. The van der Waals surface area contributed by atoms with E-state index >= 15 is 0 Å². The minimum Gasteiger partial charge on any atom is -0.463 e. The van der Waals surface area contributed by atoms with Gasteiger partial charge in [-0.05, 0) is 50.4 Å². The molecule has 4 atom stereocenters. The predicted octanol–water partition coefficient (Wildman–Crippen LogP) is 2.22. The Morgan fingerprint density at radius 2 is 2.32 bits per heavy atom. The van der Waals surface area contributed by atoms with Crippen molar-refractivity contribution in [2.24, 2.45) is 5.92 Å². The average Bonchev–Trinajstić information content (AvgIpc) is 3.09. The molecule has 5 heterocycles. The Bertz CT molecular complexity index is 656. The first-order valence-electron chi connectivity index (χ1n) is 7.99. The zero-order valence-corrected chi connectivity index (χ0v) is 12.8. The normalized spacial score (nSPS) is 30.6. The van der Waals surface area contributed by atoms with Crippen LogP contribution in [0.15, 0.2) is 28.9 Å². The summed E-state index contributed by atoms with van der Waals surface area (Å²) in [7, 11) is 0. The summed E-state index contributed by atoms with van der Waals surface area (Å²) in [5.41, 5.74) is 1.98. The van der Waals surface area contributed by atoms with E-state index in [1.165, 1.54) is 6.42 Å². The lowest BCUT2D eigenvalue weighted by Crippen LogP contribution is -2.53. The Hall–Kier alpha value is -1.72. The lowest BCUT2D eigenvalue weighted by molar-refractivity contribution is 0.00182. The lowest BCUT2D eigenvalue weighted by Gasteiger charge is -2.49. The number of aliphatic hydroxyl groups is 1. The second kappa shape index (κ2) is 5.48. The van der Waals surface area contributed by atoms with Crippen LogP contribution in [0.1, 0.15) is 30.3 Å². The van der Waals surface area contributed by atoms with Crippen LogP contribution in [0, 0.1) is 12.8 Å². The van der Waals surface area contributed by atoms with E-state index in [1.54, 1.807) is 6.26 Å². The zero-order valence-electron chi connectivity index (χ0n) is 12.8. The van der Waals surface area contributed by atoms with Crippen molar-refractivity contribution in [1.82, 2.24) is 14.9 Å². The molecule has 3 fully saturated rings. The fraction of sp³-hybridized carbons (Fsp3) is 0.529. The Kier molecular flexibility index (Phi) is 3.47. The average molecular weight is 299 g/mol. The van der Waals surface area contributed by atoms with E-state index < -0.39 is 0 Å². The third-order valence-electron chi connectivity index (χ3n) is 5.10. The smallest absolute Gasteiger partial charge is 0.152 e. The third-order valence-corrected chi connectivity index (χ3v) is 5.10. The number of aromatic nitrogens is 2. The van der Waals surface area contributed by atoms with Gasteiger partial charge >= 0.3 is 0 Å². The molecule has 5 heteroatoms. The van der Waals surface area contributed by atoms with Crippen molar-refractivity contribution in [1.29, 1.82) is 0 Å². The van der Waals surface area contributed by atoms with Crippen LogP contribution in [0.3, 0.4) is 0 Å². The molecule has 22 heavy (non-hydrogen) atoms. The number of piperidine rings is 3. The maximum Gasteiger partial charge on any atom is 0.152 e. The SMILES string of the molecule is Cc1nc(-c2ccco2)cc([C@H]2CN3CC[C@H]2C[C@@H]3CO)n1. The highest BCUT2D eigenvalue weighted by Gasteiger charge is 2.41. The molecule has 3 aliphatic heterocycles. The third kappa shape index (κ3) is 2.34. The largest absolute Gasteiger partial charge is 0.463 e. The van der Waals surface area contributed by atoms with Crippen LogP contribution in [0.25, 0.3) is 11.5 Å². The molecule has 0 saturated carbocycles. The monoisotopic (exact) mass is 299 g/mol. The Morgan fingerprint density at radius 1 is 1.41 bits per heavy atom. The van der Waals surface area contributed by atoms with E-state index in [0.717, 1.165) is 42.5 Å². The molecule has 2 bridgehead atoms. The van der Waals surface area contributed by atoms with Crippen molar-refractivity contribution >= 4 is 0 Å². The maximum absolute atomic E-state index is 9.50. The van der Waals surface area contributed by atoms with E-state index in [-0.39, 0.29) is 6.61 Å². The molecule has 2 aromatic heterocycles. The Balaban J connectivity index is 1.66. The molecule has 3 saturated heterocycles. The van der Waals surface area contributed by atoms with Gasteiger partial charge in [0.2, 0.25) is 0 Å². The number of furan rings is 1. The number of rotatable bonds is 3. The van der Waals surface area contributed by atoms with Crippen LogP contribution in [-0.2, 0) is 0 Å². The van der Waals surface area contributed by atoms with Crippen molar-refractivity contribution in [3.63, 3.8) is 0 Å². The molecule has 0 amide bonds. The fourth-order valence-electron chi connectivity index (χ4n) is 3.99. The predicted molar refractivity (Wildman–Crippen MR) is 82.4 cm³/mol. The van der Waals surface area contributed by atoms with Gasteiger partial charge in [-0.3, -0.25) is 4.90 Å². The molecule has 2 aromatic rings. The van der Waals surface area contributed by atoms with Crippen molar-refractivity contribution < 1.29 is 9.52 Å². The summed E-state index contributed by atoms with van der Waals surface area (Å²) < 4.78 is 5.48. The second-order valence-corrected chi connectivity index (χ2v) is 6.42. The van der Waals surface area contributed by atoms with Crippen LogP contribution in [-0.4, -0.2) is 45.7 Å². The van der Waals surface area contributed by atoms with Crippen molar-refractivity contribution in [2.45, 2.75) is 31.7 Å². The molecule has 5 rings (SSSR count). The van der Waals surface area contributed by atoms with E-state index in [9.17, 15) is 5.11 Å². The molecule has 1 unspecified atom stereocenters. The van der Waals surface area contributed by atoms with Crippen LogP contribution in [0.5, 0.6) is 0 Å². The Labute approximate surface area is 130 Å². The van der Waals surface area contributed by atoms with Gasteiger partial charge in [0.1, 0.15) is 11.5 Å². The van der Waals surface area contributed by atoms with Gasteiger partial charge in [0.25, 0.3) is 0 Å². The van der Waals surface area contributed by atoms with Gasteiger partial charge in [-0.15, -0.1) is 0 Å². The summed E-state index contributed by atoms with van der Waals surface area (Å²) in [4.78, 5) is 11.6. The lowest BCUT2D eigenvalue weighted by atomic mass is 9.74. The highest BCUT2D eigenvalue weighted by Crippen LogP contribution is 2.41. The van der Waals surface area contributed by atoms with E-state index in [0.29, 0.717) is 17.9 Å². The first-order chi connectivity index (χ1) is 10.7. The van der Waals surface area contributed by atoms with Gasteiger partial charge in [0, 0.05) is 24.2 Å². The van der Waals surface area contributed by atoms with Gasteiger partial charge in [0.05, 0.1) is 12.9 Å². The number of aryl methyl sites for hydroxylation is 1. The standard InChI is InChI=1S/C17H21N3O2/c1-11-18-15(8-16(19-11)17-3-2-6-22-17)14-9-20-5-4-12(14)7-13(20)10-21/h2-3,6,8,12-14,21H,4-5,7,9-10H2,1H3/t12-,13+,14-/m0/s1. The first kappa shape index (κ1) is 13.9. The van der Waals surface area contributed by atoms with Crippen LogP contribution < -0.4 is 0 Å². The molecule has 0 aromatic carbocycles. The molecular weight excluding hydrogens is 278 g/mol. The number of hydrogen-bond acceptors (Lipinski definition) is 5. The highest BCUT2D eigenvalue weighted by molar-refractivity contribution is 5.52. The van der Waals surface area contributed by atoms with Crippen LogP contribution in [0.4, 0.5) is 0 Å². The number of fused-ring (bicyclic) bond motifs is 3. The minimum absolute atomic E-state index is 0.268. The summed E-state index contributed by atoms with van der Waals surface area (Å²) in [6.07, 6.45) is 3.94. The van der Waals surface area contributed by atoms with Crippen molar-refractivity contribution in [2.75, 3.05) is 19.7 Å². The van der Waals surface area contributed by atoms with Gasteiger partial charge in [-0.1, -0.05) is 0 Å². The summed E-state index contributed by atoms with van der Waals surface area (Å²) in [5.74, 6) is 2.63. The second-order valence-electron chi connectivity index (χ2n) is 6.42. The number of hydrogen-bond donors (Lipinski definition) is 1. The molecular formula is C17H21N3O2. The van der Waals surface area contributed by atoms with Crippen LogP contribution >= 0.6 is 0 Å². The highest BCUT2D eigenvalue weighted by atomic mass is 16.3.